The first-order valence-corrected chi connectivity index (χ1v) is 9.52. The van der Waals surface area contributed by atoms with Crippen molar-refractivity contribution < 1.29 is 13.9 Å². The van der Waals surface area contributed by atoms with Crippen LogP contribution in [0.3, 0.4) is 0 Å². The maximum absolute atomic E-state index is 13.1. The molecule has 0 aliphatic heterocycles. The third-order valence-electron chi connectivity index (χ3n) is 4.71. The Morgan fingerprint density at radius 2 is 1.72 bits per heavy atom. The van der Waals surface area contributed by atoms with Crippen LogP contribution >= 0.6 is 11.6 Å². The van der Waals surface area contributed by atoms with Gasteiger partial charge in [0.1, 0.15) is 29.4 Å². The third-order valence-corrected chi connectivity index (χ3v) is 4.95. The zero-order chi connectivity index (χ0) is 20.4. The van der Waals surface area contributed by atoms with Crippen molar-refractivity contribution in [1.82, 2.24) is 0 Å². The van der Waals surface area contributed by atoms with Crippen LogP contribution in [0.5, 0.6) is 11.5 Å². The van der Waals surface area contributed by atoms with Crippen molar-refractivity contribution >= 4 is 22.6 Å². The summed E-state index contributed by atoms with van der Waals surface area (Å²) < 4.78 is 17.0. The highest BCUT2D eigenvalue weighted by Gasteiger charge is 2.14. The van der Waals surface area contributed by atoms with Gasteiger partial charge in [-0.05, 0) is 54.4 Å². The minimum absolute atomic E-state index is 0.0738. The van der Waals surface area contributed by atoms with E-state index >= 15 is 0 Å². The number of aryl methyl sites for hydroxylation is 1. The van der Waals surface area contributed by atoms with Crippen LogP contribution in [0.4, 0.5) is 0 Å². The van der Waals surface area contributed by atoms with Gasteiger partial charge in [0.15, 0.2) is 0 Å². The van der Waals surface area contributed by atoms with E-state index in [-0.39, 0.29) is 5.43 Å². The van der Waals surface area contributed by atoms with Crippen LogP contribution in [0.2, 0.25) is 5.02 Å². The van der Waals surface area contributed by atoms with Crippen molar-refractivity contribution in [3.8, 4) is 22.6 Å². The topological polar surface area (TPSA) is 48.7 Å². The van der Waals surface area contributed by atoms with E-state index < -0.39 is 0 Å². The lowest BCUT2D eigenvalue weighted by atomic mass is 10.0. The summed E-state index contributed by atoms with van der Waals surface area (Å²) in [5.74, 6) is 1.91. The van der Waals surface area contributed by atoms with E-state index in [0.717, 1.165) is 16.9 Å². The summed E-state index contributed by atoms with van der Waals surface area (Å²) in [4.78, 5) is 13.1. The fraction of sp³-hybridized carbons (Fsp3) is 0.125. The van der Waals surface area contributed by atoms with E-state index in [1.807, 2.05) is 48.5 Å². The van der Waals surface area contributed by atoms with Gasteiger partial charge in [0.05, 0.1) is 18.1 Å². The molecule has 1 aromatic heterocycles. The molecular formula is C24H19ClO4. The molecule has 0 aliphatic carbocycles. The van der Waals surface area contributed by atoms with E-state index in [0.29, 0.717) is 39.7 Å². The number of rotatable bonds is 5. The van der Waals surface area contributed by atoms with Crippen LogP contribution < -0.4 is 14.9 Å². The quantitative estimate of drug-likeness (QED) is 0.407. The molecule has 0 N–H and O–H groups in total. The molecule has 0 unspecified atom stereocenters. The van der Waals surface area contributed by atoms with Gasteiger partial charge < -0.3 is 13.9 Å². The summed E-state index contributed by atoms with van der Waals surface area (Å²) in [5, 5.41) is 1.17. The standard InChI is InChI=1S/C24H19ClO4/c1-15-23(17-6-8-19(27-2)9-7-17)24(26)21-11-10-20(13-22(21)29-15)28-14-16-4-3-5-18(25)12-16/h3-13H,14H2,1-2H3. The minimum Gasteiger partial charge on any atom is -0.497 e. The third kappa shape index (κ3) is 3.98. The fourth-order valence-corrected chi connectivity index (χ4v) is 3.47. The second kappa shape index (κ2) is 8.02. The van der Waals surface area contributed by atoms with Gasteiger partial charge >= 0.3 is 0 Å². The fourth-order valence-electron chi connectivity index (χ4n) is 3.26. The summed E-state index contributed by atoms with van der Waals surface area (Å²) in [6, 6.07) is 20.1. The van der Waals surface area contributed by atoms with Crippen molar-refractivity contribution in [2.75, 3.05) is 7.11 Å². The molecule has 1 heterocycles. The Morgan fingerprint density at radius 3 is 2.45 bits per heavy atom. The highest BCUT2D eigenvalue weighted by Crippen LogP contribution is 2.28. The molecule has 0 saturated heterocycles. The normalized spacial score (nSPS) is 10.9. The van der Waals surface area contributed by atoms with Gasteiger partial charge in [-0.25, -0.2) is 0 Å². The Kier molecular flexibility index (Phi) is 5.28. The Balaban J connectivity index is 1.66. The average Bonchev–Trinajstić information content (AvgIpc) is 2.72. The molecule has 0 bridgehead atoms. The molecule has 0 spiro atoms. The Morgan fingerprint density at radius 1 is 0.966 bits per heavy atom. The lowest BCUT2D eigenvalue weighted by molar-refractivity contribution is 0.306. The molecule has 4 rings (SSSR count). The molecule has 0 radical (unpaired) electrons. The molecule has 4 nitrogen and oxygen atoms in total. The molecule has 0 saturated carbocycles. The molecule has 3 aromatic carbocycles. The summed E-state index contributed by atoms with van der Waals surface area (Å²) in [5.41, 5.74) is 2.72. The van der Waals surface area contributed by atoms with E-state index in [2.05, 4.69) is 0 Å². The van der Waals surface area contributed by atoms with Crippen molar-refractivity contribution in [3.05, 3.63) is 93.3 Å². The van der Waals surface area contributed by atoms with Gasteiger partial charge in [0, 0.05) is 11.1 Å². The maximum atomic E-state index is 13.1. The number of halogens is 1. The second-order valence-corrected chi connectivity index (χ2v) is 7.10. The van der Waals surface area contributed by atoms with Crippen LogP contribution in [-0.2, 0) is 6.61 Å². The van der Waals surface area contributed by atoms with Gasteiger partial charge in [-0.15, -0.1) is 0 Å². The van der Waals surface area contributed by atoms with Crippen LogP contribution in [0.25, 0.3) is 22.1 Å². The number of ether oxygens (including phenoxy) is 2. The molecular weight excluding hydrogens is 388 g/mol. The van der Waals surface area contributed by atoms with Gasteiger partial charge in [0.2, 0.25) is 5.43 Å². The van der Waals surface area contributed by atoms with E-state index in [9.17, 15) is 4.79 Å². The zero-order valence-corrected chi connectivity index (χ0v) is 16.8. The van der Waals surface area contributed by atoms with E-state index in [1.54, 1.807) is 32.2 Å². The lowest BCUT2D eigenvalue weighted by Gasteiger charge is -2.10. The predicted molar refractivity (Wildman–Crippen MR) is 115 cm³/mol. The maximum Gasteiger partial charge on any atom is 0.200 e. The Hall–Kier alpha value is -3.24. The molecule has 29 heavy (non-hydrogen) atoms. The molecule has 146 valence electrons. The number of hydrogen-bond donors (Lipinski definition) is 0. The SMILES string of the molecule is COc1ccc(-c2c(C)oc3cc(OCc4cccc(Cl)c4)ccc3c2=O)cc1. The summed E-state index contributed by atoms with van der Waals surface area (Å²) in [6.07, 6.45) is 0. The van der Waals surface area contributed by atoms with Crippen molar-refractivity contribution in [2.45, 2.75) is 13.5 Å². The summed E-state index contributed by atoms with van der Waals surface area (Å²) >= 11 is 6.01. The molecule has 0 amide bonds. The first-order chi connectivity index (χ1) is 14.0. The molecule has 5 heteroatoms. The number of methoxy groups -OCH3 is 1. The highest BCUT2D eigenvalue weighted by atomic mass is 35.5. The van der Waals surface area contributed by atoms with Crippen LogP contribution in [-0.4, -0.2) is 7.11 Å². The van der Waals surface area contributed by atoms with E-state index in [1.165, 1.54) is 0 Å². The first-order valence-electron chi connectivity index (χ1n) is 9.14. The monoisotopic (exact) mass is 406 g/mol. The second-order valence-electron chi connectivity index (χ2n) is 6.67. The smallest absolute Gasteiger partial charge is 0.200 e. The number of hydrogen-bond acceptors (Lipinski definition) is 4. The van der Waals surface area contributed by atoms with Crippen LogP contribution in [0, 0.1) is 6.92 Å². The lowest BCUT2D eigenvalue weighted by Crippen LogP contribution is -2.07. The van der Waals surface area contributed by atoms with Crippen LogP contribution in [0.1, 0.15) is 11.3 Å². The van der Waals surface area contributed by atoms with Gasteiger partial charge in [-0.1, -0.05) is 35.9 Å². The molecule has 4 aromatic rings. The molecule has 0 fully saturated rings. The predicted octanol–water partition coefficient (Wildman–Crippen LogP) is 6.01. The number of benzene rings is 3. The van der Waals surface area contributed by atoms with E-state index in [4.69, 9.17) is 25.5 Å². The van der Waals surface area contributed by atoms with Gasteiger partial charge in [0.25, 0.3) is 0 Å². The van der Waals surface area contributed by atoms with Crippen molar-refractivity contribution in [3.63, 3.8) is 0 Å². The molecule has 0 atom stereocenters. The van der Waals surface area contributed by atoms with Gasteiger partial charge in [-0.2, -0.15) is 0 Å². The van der Waals surface area contributed by atoms with Gasteiger partial charge in [-0.3, -0.25) is 4.79 Å². The summed E-state index contributed by atoms with van der Waals surface area (Å²) in [7, 11) is 1.61. The number of fused-ring (bicyclic) bond motifs is 1. The average molecular weight is 407 g/mol. The Bertz CT molecular complexity index is 1230. The highest BCUT2D eigenvalue weighted by molar-refractivity contribution is 6.30. The van der Waals surface area contributed by atoms with Crippen molar-refractivity contribution in [2.24, 2.45) is 0 Å². The first kappa shape index (κ1) is 19.1. The zero-order valence-electron chi connectivity index (χ0n) is 16.1. The van der Waals surface area contributed by atoms with Crippen molar-refractivity contribution in [1.29, 1.82) is 0 Å². The summed E-state index contributed by atoms with van der Waals surface area (Å²) in [6.45, 7) is 2.17. The Labute approximate surface area is 173 Å². The van der Waals surface area contributed by atoms with Crippen LogP contribution in [0.15, 0.2) is 75.9 Å². The largest absolute Gasteiger partial charge is 0.497 e. The molecule has 0 aliphatic rings. The minimum atomic E-state index is -0.0738.